The molecule has 2 aromatic heterocycles. The first-order valence-electron chi connectivity index (χ1n) is 7.69. The first-order valence-corrected chi connectivity index (χ1v) is 8.89. The van der Waals surface area contributed by atoms with Crippen LogP contribution >= 0.6 is 22.9 Å². The lowest BCUT2D eigenvalue weighted by atomic mass is 10.1. The number of nitrogens with zero attached hydrogens (tertiary/aromatic N) is 2. The first-order chi connectivity index (χ1) is 12.6. The average Bonchev–Trinajstić information content (AvgIpc) is 3.28. The molecule has 0 bridgehead atoms. The van der Waals surface area contributed by atoms with Gasteiger partial charge in [0.25, 0.3) is 5.91 Å². The number of halogens is 1. The van der Waals surface area contributed by atoms with Crippen LogP contribution in [0.15, 0.2) is 48.7 Å². The summed E-state index contributed by atoms with van der Waals surface area (Å²) in [5.41, 5.74) is 2.69. The number of hydrogen-bond donors (Lipinski definition) is 2. The molecule has 6 nitrogen and oxygen atoms in total. The van der Waals surface area contributed by atoms with E-state index in [2.05, 4.69) is 20.5 Å². The molecule has 2 aromatic carbocycles. The van der Waals surface area contributed by atoms with E-state index in [1.54, 1.807) is 19.2 Å². The SMILES string of the molecule is COc1ccc2nc(NC(=O)c3cn[nH]c3-c3ccc(Cl)cc3)sc2c1. The lowest BCUT2D eigenvalue weighted by molar-refractivity contribution is 0.102. The van der Waals surface area contributed by atoms with Gasteiger partial charge in [0.2, 0.25) is 0 Å². The molecule has 0 saturated heterocycles. The normalized spacial score (nSPS) is 10.8. The number of aromatic nitrogens is 3. The van der Waals surface area contributed by atoms with Gasteiger partial charge >= 0.3 is 0 Å². The van der Waals surface area contributed by atoms with Gasteiger partial charge in [-0.1, -0.05) is 35.1 Å². The molecule has 130 valence electrons. The second-order valence-corrected chi connectivity index (χ2v) is 6.94. The van der Waals surface area contributed by atoms with Crippen LogP contribution in [0, 0.1) is 0 Å². The first kappa shape index (κ1) is 16.6. The maximum absolute atomic E-state index is 12.7. The van der Waals surface area contributed by atoms with Gasteiger partial charge in [0.15, 0.2) is 5.13 Å². The molecule has 2 heterocycles. The molecular weight excluding hydrogens is 372 g/mol. The number of aromatic amines is 1. The highest BCUT2D eigenvalue weighted by atomic mass is 35.5. The minimum absolute atomic E-state index is 0.283. The van der Waals surface area contributed by atoms with Crippen LogP contribution in [0.4, 0.5) is 5.13 Å². The third-order valence-electron chi connectivity index (χ3n) is 3.83. The summed E-state index contributed by atoms with van der Waals surface area (Å²) in [4.78, 5) is 17.1. The summed E-state index contributed by atoms with van der Waals surface area (Å²) in [6.45, 7) is 0. The summed E-state index contributed by atoms with van der Waals surface area (Å²) in [7, 11) is 1.61. The number of hydrogen-bond acceptors (Lipinski definition) is 5. The molecule has 26 heavy (non-hydrogen) atoms. The smallest absolute Gasteiger partial charge is 0.261 e. The fourth-order valence-electron chi connectivity index (χ4n) is 2.54. The van der Waals surface area contributed by atoms with E-state index in [0.29, 0.717) is 21.4 Å². The van der Waals surface area contributed by atoms with Crippen LogP contribution < -0.4 is 10.1 Å². The second-order valence-electron chi connectivity index (χ2n) is 5.47. The Hall–Kier alpha value is -2.90. The summed E-state index contributed by atoms with van der Waals surface area (Å²) in [6, 6.07) is 12.8. The molecule has 4 aromatic rings. The highest BCUT2D eigenvalue weighted by Gasteiger charge is 2.17. The van der Waals surface area contributed by atoms with Crippen molar-refractivity contribution in [2.45, 2.75) is 0 Å². The summed E-state index contributed by atoms with van der Waals surface area (Å²) in [5, 5.41) is 10.8. The molecular formula is C18H13ClN4O2S. The lowest BCUT2D eigenvalue weighted by Gasteiger charge is -2.03. The minimum Gasteiger partial charge on any atom is -0.497 e. The van der Waals surface area contributed by atoms with Crippen molar-refractivity contribution in [1.82, 2.24) is 15.2 Å². The largest absolute Gasteiger partial charge is 0.497 e. The van der Waals surface area contributed by atoms with Crippen LogP contribution in [0.3, 0.4) is 0 Å². The van der Waals surface area contributed by atoms with E-state index in [9.17, 15) is 4.79 Å². The maximum Gasteiger partial charge on any atom is 0.261 e. The third-order valence-corrected chi connectivity index (χ3v) is 5.02. The maximum atomic E-state index is 12.7. The molecule has 0 fully saturated rings. The Labute approximate surface area is 157 Å². The Morgan fingerprint density at radius 2 is 2.04 bits per heavy atom. The fraction of sp³-hybridized carbons (Fsp3) is 0.0556. The van der Waals surface area contributed by atoms with Gasteiger partial charge in [0.05, 0.1) is 34.8 Å². The topological polar surface area (TPSA) is 79.9 Å². The van der Waals surface area contributed by atoms with E-state index in [4.69, 9.17) is 16.3 Å². The number of methoxy groups -OCH3 is 1. The Morgan fingerprint density at radius 1 is 1.23 bits per heavy atom. The van der Waals surface area contributed by atoms with Crippen molar-refractivity contribution in [3.63, 3.8) is 0 Å². The quantitative estimate of drug-likeness (QED) is 0.538. The van der Waals surface area contributed by atoms with E-state index in [1.165, 1.54) is 17.5 Å². The summed E-state index contributed by atoms with van der Waals surface area (Å²) >= 11 is 7.31. The van der Waals surface area contributed by atoms with Crippen LogP contribution in [-0.2, 0) is 0 Å². The Balaban J connectivity index is 1.61. The zero-order chi connectivity index (χ0) is 18.1. The molecule has 0 atom stereocenters. The fourth-order valence-corrected chi connectivity index (χ4v) is 3.56. The van der Waals surface area contributed by atoms with Crippen molar-refractivity contribution in [1.29, 1.82) is 0 Å². The number of rotatable bonds is 4. The Bertz CT molecular complexity index is 1090. The lowest BCUT2D eigenvalue weighted by Crippen LogP contribution is -2.11. The van der Waals surface area contributed by atoms with E-state index in [-0.39, 0.29) is 5.91 Å². The van der Waals surface area contributed by atoms with E-state index in [0.717, 1.165) is 21.5 Å². The number of fused-ring (bicyclic) bond motifs is 1. The molecule has 0 spiro atoms. The van der Waals surface area contributed by atoms with E-state index in [1.807, 2.05) is 30.3 Å². The van der Waals surface area contributed by atoms with Crippen LogP contribution in [0.25, 0.3) is 21.5 Å². The molecule has 0 saturated carbocycles. The molecule has 0 aliphatic heterocycles. The van der Waals surface area contributed by atoms with Crippen LogP contribution in [0.5, 0.6) is 5.75 Å². The van der Waals surface area contributed by atoms with E-state index < -0.39 is 0 Å². The van der Waals surface area contributed by atoms with Gasteiger partial charge in [-0.3, -0.25) is 15.2 Å². The third kappa shape index (κ3) is 3.14. The van der Waals surface area contributed by atoms with Crippen LogP contribution in [0.2, 0.25) is 5.02 Å². The molecule has 2 N–H and O–H groups in total. The van der Waals surface area contributed by atoms with Crippen molar-refractivity contribution in [3.8, 4) is 17.0 Å². The Morgan fingerprint density at radius 3 is 2.81 bits per heavy atom. The van der Waals surface area contributed by atoms with Gasteiger partial charge < -0.3 is 4.74 Å². The van der Waals surface area contributed by atoms with Gasteiger partial charge in [0.1, 0.15) is 5.75 Å². The number of amides is 1. The van der Waals surface area contributed by atoms with E-state index >= 15 is 0 Å². The average molecular weight is 385 g/mol. The van der Waals surface area contributed by atoms with Crippen molar-refractivity contribution >= 4 is 44.2 Å². The molecule has 1 amide bonds. The predicted octanol–water partition coefficient (Wildman–Crippen LogP) is 4.60. The molecule has 0 radical (unpaired) electrons. The van der Waals surface area contributed by atoms with Gasteiger partial charge in [-0.15, -0.1) is 0 Å². The van der Waals surface area contributed by atoms with Gasteiger partial charge in [-0.25, -0.2) is 4.98 Å². The van der Waals surface area contributed by atoms with Crippen molar-refractivity contribution in [2.24, 2.45) is 0 Å². The molecule has 0 aliphatic rings. The molecule has 4 rings (SSSR count). The number of carbonyl (C=O) groups is 1. The number of H-pyrrole nitrogens is 1. The Kier molecular flexibility index (Phi) is 4.32. The number of anilines is 1. The van der Waals surface area contributed by atoms with Gasteiger partial charge in [-0.05, 0) is 30.3 Å². The van der Waals surface area contributed by atoms with Gasteiger partial charge in [0, 0.05) is 10.6 Å². The second kappa shape index (κ2) is 6.78. The zero-order valence-electron chi connectivity index (χ0n) is 13.6. The standard InChI is InChI=1S/C18H13ClN4O2S/c1-25-12-6-7-14-15(8-12)26-18(21-14)22-17(24)13-9-20-23-16(13)10-2-4-11(19)5-3-10/h2-9H,1H3,(H,20,23)(H,21,22,24). The van der Waals surface area contributed by atoms with Gasteiger partial charge in [-0.2, -0.15) is 5.10 Å². The summed E-state index contributed by atoms with van der Waals surface area (Å²) in [6.07, 6.45) is 1.50. The molecule has 0 aliphatic carbocycles. The number of carbonyl (C=O) groups excluding carboxylic acids is 1. The number of ether oxygens (including phenoxy) is 1. The molecule has 8 heteroatoms. The molecule has 0 unspecified atom stereocenters. The minimum atomic E-state index is -0.283. The van der Waals surface area contributed by atoms with Crippen molar-refractivity contribution < 1.29 is 9.53 Å². The van der Waals surface area contributed by atoms with Crippen molar-refractivity contribution in [2.75, 3.05) is 12.4 Å². The number of nitrogens with one attached hydrogen (secondary N) is 2. The van der Waals surface area contributed by atoms with Crippen molar-refractivity contribution in [3.05, 3.63) is 59.2 Å². The number of thiazole rings is 1. The zero-order valence-corrected chi connectivity index (χ0v) is 15.2. The monoisotopic (exact) mass is 384 g/mol. The predicted molar refractivity (Wildman–Crippen MR) is 103 cm³/mol. The highest BCUT2D eigenvalue weighted by Crippen LogP contribution is 2.30. The highest BCUT2D eigenvalue weighted by molar-refractivity contribution is 7.22. The summed E-state index contributed by atoms with van der Waals surface area (Å²) < 4.78 is 6.15. The van der Waals surface area contributed by atoms with Crippen LogP contribution in [0.1, 0.15) is 10.4 Å². The van der Waals surface area contributed by atoms with Crippen LogP contribution in [-0.4, -0.2) is 28.2 Å². The number of benzene rings is 2. The summed E-state index contributed by atoms with van der Waals surface area (Å²) in [5.74, 6) is 0.466.